The van der Waals surface area contributed by atoms with Crippen molar-refractivity contribution in [1.82, 2.24) is 0 Å². The van der Waals surface area contributed by atoms with Gasteiger partial charge in [0.25, 0.3) is 0 Å². The van der Waals surface area contributed by atoms with E-state index in [2.05, 4.69) is 19.4 Å². The van der Waals surface area contributed by atoms with Crippen LogP contribution in [0.15, 0.2) is 42.5 Å². The first kappa shape index (κ1) is 19.3. The van der Waals surface area contributed by atoms with Crippen LogP contribution < -0.4 is 5.32 Å². The number of aryl methyl sites for hydroxylation is 1. The number of quaternary nitrogens is 1. The lowest BCUT2D eigenvalue weighted by Crippen LogP contribution is -2.56. The van der Waals surface area contributed by atoms with Crippen molar-refractivity contribution in [3.05, 3.63) is 53.1 Å². The molecule has 2 bridgehead atoms. The van der Waals surface area contributed by atoms with Crippen molar-refractivity contribution in [1.29, 1.82) is 0 Å². The minimum Gasteiger partial charge on any atom is -0.445 e. The van der Waals surface area contributed by atoms with Crippen LogP contribution in [-0.2, 0) is 4.74 Å². The number of anilines is 1. The highest BCUT2D eigenvalue weighted by Gasteiger charge is 2.49. The lowest BCUT2D eigenvalue weighted by atomic mass is 9.98. The van der Waals surface area contributed by atoms with Gasteiger partial charge in [-0.15, -0.1) is 0 Å². The average molecular weight is 400 g/mol. The van der Waals surface area contributed by atoms with Crippen molar-refractivity contribution in [3.8, 4) is 11.1 Å². The largest absolute Gasteiger partial charge is 0.445 e. The Hall–Kier alpha value is -2.04. The predicted molar refractivity (Wildman–Crippen MR) is 114 cm³/mol. The van der Waals surface area contributed by atoms with Gasteiger partial charge in [0.05, 0.1) is 31.9 Å². The monoisotopic (exact) mass is 399 g/mol. The third-order valence-corrected chi connectivity index (χ3v) is 6.84. The Balaban J connectivity index is 1.49. The fourth-order valence-corrected chi connectivity index (χ4v) is 5.08. The topological polar surface area (TPSA) is 38.3 Å². The zero-order chi connectivity index (χ0) is 19.9. The maximum absolute atomic E-state index is 12.7. The summed E-state index contributed by atoms with van der Waals surface area (Å²) >= 11 is 6.16. The molecule has 2 fully saturated rings. The smallest absolute Gasteiger partial charge is 0.411 e. The Morgan fingerprint density at radius 3 is 2.50 bits per heavy atom. The molecule has 2 aliphatic heterocycles. The first-order chi connectivity index (χ1) is 13.3. The van der Waals surface area contributed by atoms with E-state index in [9.17, 15) is 4.79 Å². The number of rotatable bonds is 3. The molecule has 2 aromatic rings. The fraction of sp³-hybridized carbons (Fsp3) is 0.435. The van der Waals surface area contributed by atoms with Gasteiger partial charge >= 0.3 is 6.09 Å². The first-order valence-electron chi connectivity index (χ1n) is 10.0. The maximum Gasteiger partial charge on any atom is 0.411 e. The second-order valence-electron chi connectivity index (χ2n) is 8.70. The number of halogens is 1. The van der Waals surface area contributed by atoms with Crippen molar-refractivity contribution in [3.63, 3.8) is 0 Å². The standard InChI is InChI=1S/C23H27ClN2O2/c1-15-7-10-21(16-5-4-6-17(24)12-16)22(11-15)25-23(27)28-20-13-18-8-9-19(14-20)26(18,2)3/h4-7,10-12,18-20H,8-9,13-14H2,1-3H3/p+1/t18-,19+,20?. The molecule has 2 aromatic carbocycles. The van der Waals surface area contributed by atoms with Gasteiger partial charge in [-0.05, 0) is 36.2 Å². The molecule has 4 nitrogen and oxygen atoms in total. The number of benzene rings is 2. The SMILES string of the molecule is Cc1ccc(-c2cccc(Cl)c2)c(NC(=O)OC2C[C@H]3CC[C@@H](C2)[N+]3(C)C)c1. The Bertz CT molecular complexity index is 880. The van der Waals surface area contributed by atoms with Gasteiger partial charge in [-0.3, -0.25) is 5.32 Å². The molecule has 3 atom stereocenters. The first-order valence-corrected chi connectivity index (χ1v) is 10.4. The zero-order valence-electron chi connectivity index (χ0n) is 16.7. The van der Waals surface area contributed by atoms with Gasteiger partial charge in [0.15, 0.2) is 0 Å². The molecule has 4 rings (SSSR count). The van der Waals surface area contributed by atoms with E-state index in [1.165, 1.54) is 12.8 Å². The van der Waals surface area contributed by atoms with Crippen molar-refractivity contribution in [2.45, 2.75) is 50.8 Å². The van der Waals surface area contributed by atoms with E-state index >= 15 is 0 Å². The van der Waals surface area contributed by atoms with Gasteiger partial charge in [-0.2, -0.15) is 0 Å². The van der Waals surface area contributed by atoms with E-state index < -0.39 is 0 Å². The van der Waals surface area contributed by atoms with Gasteiger partial charge in [-0.1, -0.05) is 35.9 Å². The molecule has 28 heavy (non-hydrogen) atoms. The molecule has 1 amide bonds. The van der Waals surface area contributed by atoms with Gasteiger partial charge in [-0.25, -0.2) is 4.79 Å². The minimum atomic E-state index is -0.370. The summed E-state index contributed by atoms with van der Waals surface area (Å²) in [6, 6.07) is 14.9. The van der Waals surface area contributed by atoms with Crippen molar-refractivity contribution < 1.29 is 14.0 Å². The van der Waals surface area contributed by atoms with E-state index in [0.717, 1.165) is 39.7 Å². The highest BCUT2D eigenvalue weighted by atomic mass is 35.5. The Morgan fingerprint density at radius 1 is 1.11 bits per heavy atom. The molecule has 0 saturated carbocycles. The van der Waals surface area contributed by atoms with E-state index in [1.807, 2.05) is 49.4 Å². The minimum absolute atomic E-state index is 0.00285. The third kappa shape index (κ3) is 3.76. The molecule has 148 valence electrons. The Morgan fingerprint density at radius 2 is 1.82 bits per heavy atom. The second-order valence-corrected chi connectivity index (χ2v) is 9.13. The lowest BCUT2D eigenvalue weighted by molar-refractivity contribution is -0.931. The molecule has 1 N–H and O–H groups in total. The van der Waals surface area contributed by atoms with Crippen LogP contribution in [0.4, 0.5) is 10.5 Å². The highest BCUT2D eigenvalue weighted by Crippen LogP contribution is 2.40. The molecule has 2 aliphatic rings. The van der Waals surface area contributed by atoms with Crippen molar-refractivity contribution >= 4 is 23.4 Å². The summed E-state index contributed by atoms with van der Waals surface area (Å²) in [6.07, 6.45) is 4.00. The van der Waals surface area contributed by atoms with E-state index in [0.29, 0.717) is 17.1 Å². The quantitative estimate of drug-likeness (QED) is 0.679. The van der Waals surface area contributed by atoms with Crippen LogP contribution in [0.2, 0.25) is 5.02 Å². The number of fused-ring (bicyclic) bond motifs is 2. The molecule has 0 spiro atoms. The molecule has 2 saturated heterocycles. The molecule has 2 heterocycles. The van der Waals surface area contributed by atoms with Crippen LogP contribution in [0, 0.1) is 6.92 Å². The van der Waals surface area contributed by atoms with Crippen LogP contribution in [0.1, 0.15) is 31.2 Å². The lowest BCUT2D eigenvalue weighted by Gasteiger charge is -2.43. The number of piperidine rings is 1. The summed E-state index contributed by atoms with van der Waals surface area (Å²) in [7, 11) is 4.62. The van der Waals surface area contributed by atoms with Gasteiger partial charge in [0.2, 0.25) is 0 Å². The van der Waals surface area contributed by atoms with Crippen LogP contribution >= 0.6 is 11.6 Å². The predicted octanol–water partition coefficient (Wildman–Crippen LogP) is 5.63. The molecule has 5 heteroatoms. The van der Waals surface area contributed by atoms with Crippen molar-refractivity contribution in [2.24, 2.45) is 0 Å². The van der Waals surface area contributed by atoms with Crippen LogP contribution in [-0.4, -0.2) is 42.9 Å². The third-order valence-electron chi connectivity index (χ3n) is 6.61. The van der Waals surface area contributed by atoms with Crippen LogP contribution in [0.3, 0.4) is 0 Å². The summed E-state index contributed by atoms with van der Waals surface area (Å²) in [6.45, 7) is 2.01. The van der Waals surface area contributed by atoms with Crippen LogP contribution in [0.25, 0.3) is 11.1 Å². The Kier molecular flexibility index (Phi) is 5.11. The molecular formula is C23H28ClN2O2+. The number of hydrogen-bond donors (Lipinski definition) is 1. The molecule has 0 aliphatic carbocycles. The Labute approximate surface area is 172 Å². The average Bonchev–Trinajstić information content (AvgIpc) is 2.80. The summed E-state index contributed by atoms with van der Waals surface area (Å²) in [5.41, 5.74) is 3.74. The number of amides is 1. The molecule has 0 aromatic heterocycles. The maximum atomic E-state index is 12.7. The summed E-state index contributed by atoms with van der Waals surface area (Å²) in [5, 5.41) is 3.65. The highest BCUT2D eigenvalue weighted by molar-refractivity contribution is 6.30. The number of carbonyl (C=O) groups is 1. The second kappa shape index (κ2) is 7.41. The molecular weight excluding hydrogens is 372 g/mol. The van der Waals surface area contributed by atoms with Crippen LogP contribution in [0.5, 0.6) is 0 Å². The summed E-state index contributed by atoms with van der Waals surface area (Å²) in [5.74, 6) is 0. The summed E-state index contributed by atoms with van der Waals surface area (Å²) in [4.78, 5) is 12.7. The van der Waals surface area contributed by atoms with E-state index in [-0.39, 0.29) is 12.2 Å². The fourth-order valence-electron chi connectivity index (χ4n) is 4.89. The number of hydrogen-bond acceptors (Lipinski definition) is 2. The molecule has 1 unspecified atom stereocenters. The van der Waals surface area contributed by atoms with Gasteiger partial charge in [0.1, 0.15) is 6.10 Å². The summed E-state index contributed by atoms with van der Waals surface area (Å²) < 4.78 is 6.91. The number of nitrogens with one attached hydrogen (secondary N) is 1. The number of carbonyl (C=O) groups excluding carboxylic acids is 1. The zero-order valence-corrected chi connectivity index (χ0v) is 17.5. The van der Waals surface area contributed by atoms with Crippen molar-refractivity contribution in [2.75, 3.05) is 19.4 Å². The van der Waals surface area contributed by atoms with Gasteiger partial charge < -0.3 is 9.22 Å². The van der Waals surface area contributed by atoms with E-state index in [4.69, 9.17) is 16.3 Å². The van der Waals surface area contributed by atoms with Gasteiger partial charge in [0, 0.05) is 36.3 Å². The molecule has 0 radical (unpaired) electrons. The normalized spacial score (nSPS) is 25.4. The number of ether oxygens (including phenoxy) is 1. The van der Waals surface area contributed by atoms with E-state index in [1.54, 1.807) is 0 Å². The number of nitrogens with zero attached hydrogens (tertiary/aromatic N) is 1.